The molecule has 1 aliphatic heterocycles. The smallest absolute Gasteiger partial charge is 0.328 e. The summed E-state index contributed by atoms with van der Waals surface area (Å²) >= 11 is 0. The van der Waals surface area contributed by atoms with Crippen LogP contribution in [0, 0.1) is 5.92 Å². The number of nitrogens with zero attached hydrogens (tertiary/aromatic N) is 4. The average Bonchev–Trinajstić information content (AvgIpc) is 3.61. The Morgan fingerprint density at radius 3 is 2.20 bits per heavy atom. The molecule has 6 rings (SSSR count). The van der Waals surface area contributed by atoms with Crippen molar-refractivity contribution < 1.29 is 35.9 Å². The Bertz CT molecular complexity index is 1620. The third kappa shape index (κ3) is 5.58. The molecule has 212 valence electrons. The molecular formula is C26H23F6N5O3. The van der Waals surface area contributed by atoms with Crippen molar-refractivity contribution in [3.8, 4) is 0 Å². The highest BCUT2D eigenvalue weighted by Gasteiger charge is 2.54. The molecule has 4 aromatic rings. The number of pyridine rings is 3. The minimum absolute atomic E-state index is 0.0824. The van der Waals surface area contributed by atoms with E-state index in [-0.39, 0.29) is 5.56 Å². The van der Waals surface area contributed by atoms with Gasteiger partial charge in [0, 0.05) is 48.0 Å². The van der Waals surface area contributed by atoms with Crippen molar-refractivity contribution in [2.45, 2.75) is 44.0 Å². The molecule has 0 bridgehead atoms. The fourth-order valence-corrected chi connectivity index (χ4v) is 5.02. The monoisotopic (exact) mass is 567 g/mol. The van der Waals surface area contributed by atoms with Gasteiger partial charge in [-0.15, -0.1) is 0 Å². The van der Waals surface area contributed by atoms with Gasteiger partial charge < -0.3 is 9.88 Å². The topological polar surface area (TPSA) is 100 Å². The van der Waals surface area contributed by atoms with Crippen LogP contribution in [0.3, 0.4) is 0 Å². The quantitative estimate of drug-likeness (QED) is 0.221. The molecule has 4 aromatic heterocycles. The van der Waals surface area contributed by atoms with Crippen LogP contribution >= 0.6 is 0 Å². The first-order chi connectivity index (χ1) is 18.8. The highest BCUT2D eigenvalue weighted by atomic mass is 19.4. The lowest BCUT2D eigenvalue weighted by Crippen LogP contribution is -2.39. The van der Waals surface area contributed by atoms with Crippen LogP contribution in [0.5, 0.6) is 0 Å². The second-order valence-electron chi connectivity index (χ2n) is 10.0. The predicted molar refractivity (Wildman–Crippen MR) is 132 cm³/mol. The first-order valence-corrected chi connectivity index (χ1v) is 12.6. The summed E-state index contributed by atoms with van der Waals surface area (Å²) in [5.41, 5.74) is 2.88. The molecule has 1 saturated carbocycles. The summed E-state index contributed by atoms with van der Waals surface area (Å²) in [5, 5.41) is 2.53. The van der Waals surface area contributed by atoms with Crippen LogP contribution in [0.4, 0.5) is 26.3 Å². The number of carbonyl (C=O) groups is 2. The molecule has 2 fully saturated rings. The van der Waals surface area contributed by atoms with E-state index in [0.29, 0.717) is 11.3 Å². The molecule has 40 heavy (non-hydrogen) atoms. The third-order valence-electron chi connectivity index (χ3n) is 7.19. The van der Waals surface area contributed by atoms with E-state index in [9.17, 15) is 40.7 Å². The summed E-state index contributed by atoms with van der Waals surface area (Å²) in [6, 6.07) is 3.92. The van der Waals surface area contributed by atoms with Crippen molar-refractivity contribution in [2.24, 2.45) is 5.92 Å². The van der Waals surface area contributed by atoms with Crippen molar-refractivity contribution in [1.29, 1.82) is 0 Å². The van der Waals surface area contributed by atoms with E-state index in [1.54, 1.807) is 18.6 Å². The molecule has 0 radical (unpaired) electrons. The molecule has 0 unspecified atom stereocenters. The first kappa shape index (κ1) is 27.7. The Morgan fingerprint density at radius 2 is 1.60 bits per heavy atom. The van der Waals surface area contributed by atoms with Crippen LogP contribution in [0.15, 0.2) is 41.7 Å². The van der Waals surface area contributed by atoms with Gasteiger partial charge in [-0.2, -0.15) is 26.3 Å². The van der Waals surface area contributed by atoms with Gasteiger partial charge in [0.2, 0.25) is 0 Å². The Kier molecular flexibility index (Phi) is 7.15. The SMILES string of the molecule is O=C(C(=O)C(F)(F)F)C(F)(F)F.O=c1[nH]ccc2c1c1cnccc1c1nc(C3CCN(CC4CC4)CC3)cn21. The standard InChI is InChI=1S/C22H23N5O.C4F6O2/c28-22-20-17-11-23-7-3-16(17)21-25-18(13-27(21)19(20)4-8-24-22)15-5-9-26(10-6-15)12-14-1-2-14;5-3(6,7)1(11)2(12)4(8,9)10/h3-4,7-8,11,13-15H,1-2,5-6,9-10,12H2,(H,24,28);. The summed E-state index contributed by atoms with van der Waals surface area (Å²) in [5.74, 6) is -5.37. The minimum atomic E-state index is -5.77. The van der Waals surface area contributed by atoms with Crippen molar-refractivity contribution >= 4 is 38.9 Å². The summed E-state index contributed by atoms with van der Waals surface area (Å²) in [6.45, 7) is 3.61. The molecule has 8 nitrogen and oxygen atoms in total. The van der Waals surface area contributed by atoms with Crippen molar-refractivity contribution in [3.63, 3.8) is 0 Å². The largest absolute Gasteiger partial charge is 0.458 e. The van der Waals surface area contributed by atoms with Gasteiger partial charge in [0.15, 0.2) is 0 Å². The van der Waals surface area contributed by atoms with E-state index in [4.69, 9.17) is 4.98 Å². The number of aromatic amines is 1. The maximum absolute atomic E-state index is 12.6. The lowest BCUT2D eigenvalue weighted by atomic mass is 9.94. The molecule has 1 N–H and O–H groups in total. The van der Waals surface area contributed by atoms with E-state index >= 15 is 0 Å². The summed E-state index contributed by atoms with van der Waals surface area (Å²) in [4.78, 5) is 46.5. The number of alkyl halides is 6. The third-order valence-corrected chi connectivity index (χ3v) is 7.19. The van der Waals surface area contributed by atoms with Gasteiger partial charge >= 0.3 is 23.9 Å². The summed E-state index contributed by atoms with van der Waals surface area (Å²) in [7, 11) is 0. The average molecular weight is 567 g/mol. The minimum Gasteiger partial charge on any atom is -0.328 e. The molecule has 0 atom stereocenters. The van der Waals surface area contributed by atoms with Gasteiger partial charge in [-0.05, 0) is 56.8 Å². The van der Waals surface area contributed by atoms with Gasteiger partial charge in [0.05, 0.1) is 16.6 Å². The van der Waals surface area contributed by atoms with Crippen LogP contribution < -0.4 is 5.56 Å². The Morgan fingerprint density at radius 1 is 0.950 bits per heavy atom. The van der Waals surface area contributed by atoms with Crippen LogP contribution in [0.25, 0.3) is 27.3 Å². The van der Waals surface area contributed by atoms with Crippen LogP contribution in [-0.4, -0.2) is 67.8 Å². The fourth-order valence-electron chi connectivity index (χ4n) is 5.02. The number of halogens is 6. The molecule has 5 heterocycles. The lowest BCUT2D eigenvalue weighted by molar-refractivity contribution is -0.193. The molecule has 0 amide bonds. The zero-order valence-corrected chi connectivity index (χ0v) is 20.8. The van der Waals surface area contributed by atoms with Gasteiger partial charge in [0.25, 0.3) is 5.56 Å². The number of carbonyl (C=O) groups excluding carboxylic acids is 2. The maximum atomic E-state index is 12.6. The van der Waals surface area contributed by atoms with E-state index in [2.05, 4.69) is 25.5 Å². The second-order valence-corrected chi connectivity index (χ2v) is 10.0. The van der Waals surface area contributed by atoms with Crippen LogP contribution in [-0.2, 0) is 9.59 Å². The van der Waals surface area contributed by atoms with Gasteiger partial charge in [0.1, 0.15) is 5.65 Å². The highest BCUT2D eigenvalue weighted by Crippen LogP contribution is 2.34. The number of H-pyrrole nitrogens is 1. The number of likely N-dealkylation sites (tertiary alicyclic amines) is 1. The molecular weight excluding hydrogens is 544 g/mol. The Labute approximate surface area is 222 Å². The molecule has 1 aliphatic carbocycles. The van der Waals surface area contributed by atoms with Crippen molar-refractivity contribution in [2.75, 3.05) is 19.6 Å². The number of piperidine rings is 1. The van der Waals surface area contributed by atoms with Gasteiger partial charge in [-0.25, -0.2) is 4.98 Å². The summed E-state index contributed by atoms with van der Waals surface area (Å²) < 4.78 is 69.1. The predicted octanol–water partition coefficient (Wildman–Crippen LogP) is 4.56. The number of ketones is 2. The zero-order chi connectivity index (χ0) is 28.8. The number of imidazole rings is 1. The lowest BCUT2D eigenvalue weighted by Gasteiger charge is -2.31. The number of fused-ring (bicyclic) bond motifs is 6. The van der Waals surface area contributed by atoms with E-state index in [0.717, 1.165) is 46.4 Å². The molecule has 1 saturated heterocycles. The molecule has 0 spiro atoms. The highest BCUT2D eigenvalue weighted by molar-refractivity contribution is 6.41. The van der Waals surface area contributed by atoms with E-state index < -0.39 is 23.9 Å². The van der Waals surface area contributed by atoms with E-state index in [1.165, 1.54) is 32.5 Å². The number of nitrogens with one attached hydrogen (secondary N) is 1. The number of Topliss-reactive ketones (excluding diaryl/α,β-unsaturated/α-hetero) is 2. The van der Waals surface area contributed by atoms with Crippen LogP contribution in [0.1, 0.15) is 37.3 Å². The number of hydrogen-bond donors (Lipinski definition) is 1. The number of aromatic nitrogens is 4. The summed E-state index contributed by atoms with van der Waals surface area (Å²) in [6.07, 6.45) is 1.03. The zero-order valence-electron chi connectivity index (χ0n) is 20.8. The van der Waals surface area contributed by atoms with Crippen molar-refractivity contribution in [3.05, 3.63) is 53.0 Å². The van der Waals surface area contributed by atoms with Crippen LogP contribution in [0.2, 0.25) is 0 Å². The van der Waals surface area contributed by atoms with Gasteiger partial charge in [-0.3, -0.25) is 23.8 Å². The normalized spacial score (nSPS) is 17.2. The fraction of sp³-hybridized carbons (Fsp3) is 0.423. The van der Waals surface area contributed by atoms with E-state index in [1.807, 2.05) is 12.1 Å². The molecule has 14 heteroatoms. The number of rotatable bonds is 4. The molecule has 2 aliphatic rings. The number of hydrogen-bond acceptors (Lipinski definition) is 6. The first-order valence-electron chi connectivity index (χ1n) is 12.6. The second kappa shape index (κ2) is 10.3. The molecule has 0 aromatic carbocycles. The Hall–Kier alpha value is -3.81. The van der Waals surface area contributed by atoms with Gasteiger partial charge in [-0.1, -0.05) is 0 Å². The Balaban J connectivity index is 0.000000230. The maximum Gasteiger partial charge on any atom is 0.458 e. The van der Waals surface area contributed by atoms with Crippen molar-refractivity contribution in [1.82, 2.24) is 24.3 Å².